The van der Waals surface area contributed by atoms with Crippen LogP contribution in [0.15, 0.2) is 12.1 Å². The van der Waals surface area contributed by atoms with Crippen molar-refractivity contribution in [3.63, 3.8) is 0 Å². The molecule has 0 radical (unpaired) electrons. The van der Waals surface area contributed by atoms with Gasteiger partial charge in [-0.25, -0.2) is 4.39 Å². The first-order valence-corrected chi connectivity index (χ1v) is 6.16. The minimum Gasteiger partial charge on any atom is -0.489 e. The fourth-order valence-corrected chi connectivity index (χ4v) is 2.22. The van der Waals surface area contributed by atoms with E-state index in [1.54, 1.807) is 13.0 Å². The number of halogens is 2. The van der Waals surface area contributed by atoms with Crippen molar-refractivity contribution in [3.8, 4) is 5.75 Å². The first-order valence-electron chi connectivity index (χ1n) is 5.78. The Morgan fingerprint density at radius 3 is 2.88 bits per heavy atom. The van der Waals surface area contributed by atoms with Gasteiger partial charge in [-0.1, -0.05) is 11.6 Å². The summed E-state index contributed by atoms with van der Waals surface area (Å²) in [6.45, 7) is 4.79. The van der Waals surface area contributed by atoms with Crippen LogP contribution < -0.4 is 15.4 Å². The number of rotatable bonds is 3. The normalized spacial score (nSPS) is 20.3. The lowest BCUT2D eigenvalue weighted by molar-refractivity contribution is 0.321. The van der Waals surface area contributed by atoms with E-state index < -0.39 is 5.82 Å². The summed E-state index contributed by atoms with van der Waals surface area (Å²) < 4.78 is 19.0. The fraction of sp³-hybridized carbons (Fsp3) is 0.500. The van der Waals surface area contributed by atoms with Crippen LogP contribution in [-0.2, 0) is 0 Å². The van der Waals surface area contributed by atoms with Crippen LogP contribution in [0.4, 0.5) is 4.39 Å². The number of benzene rings is 1. The van der Waals surface area contributed by atoms with Gasteiger partial charge in [0.25, 0.3) is 0 Å². The van der Waals surface area contributed by atoms with E-state index in [1.807, 2.05) is 0 Å². The smallest absolute Gasteiger partial charge is 0.173 e. The van der Waals surface area contributed by atoms with Crippen molar-refractivity contribution in [3.05, 3.63) is 28.5 Å². The van der Waals surface area contributed by atoms with Crippen molar-refractivity contribution in [2.24, 2.45) is 0 Å². The molecule has 1 aliphatic rings. The third-order valence-corrected chi connectivity index (χ3v) is 3.03. The van der Waals surface area contributed by atoms with Gasteiger partial charge in [0.05, 0.1) is 11.6 Å². The summed E-state index contributed by atoms with van der Waals surface area (Å²) in [5.74, 6) is -0.261. The van der Waals surface area contributed by atoms with Crippen molar-refractivity contribution < 1.29 is 9.13 Å². The molecule has 1 aliphatic heterocycles. The summed E-state index contributed by atoms with van der Waals surface area (Å²) in [6.07, 6.45) is 0. The van der Waals surface area contributed by atoms with E-state index in [2.05, 4.69) is 10.6 Å². The van der Waals surface area contributed by atoms with Crippen LogP contribution in [0.25, 0.3) is 0 Å². The largest absolute Gasteiger partial charge is 0.489 e. The zero-order chi connectivity index (χ0) is 12.3. The molecule has 1 aromatic rings. The molecule has 2 N–H and O–H groups in total. The van der Waals surface area contributed by atoms with Crippen molar-refractivity contribution >= 4 is 11.6 Å². The van der Waals surface area contributed by atoms with Gasteiger partial charge < -0.3 is 15.4 Å². The van der Waals surface area contributed by atoms with Gasteiger partial charge in [-0.05, 0) is 24.6 Å². The third kappa shape index (κ3) is 2.89. The number of piperazine rings is 1. The van der Waals surface area contributed by atoms with E-state index in [0.29, 0.717) is 11.6 Å². The van der Waals surface area contributed by atoms with Crippen LogP contribution in [0, 0.1) is 5.82 Å². The van der Waals surface area contributed by atoms with E-state index >= 15 is 0 Å². The Kier molecular flexibility index (Phi) is 4.20. The molecule has 1 saturated heterocycles. The Hall–Kier alpha value is -0.840. The number of nitrogens with one attached hydrogen (secondary N) is 2. The predicted octanol–water partition coefficient (Wildman–Crippen LogP) is 2.11. The first-order chi connectivity index (χ1) is 8.22. The summed E-state index contributed by atoms with van der Waals surface area (Å²) in [6, 6.07) is 3.35. The monoisotopic (exact) mass is 258 g/mol. The lowest BCUT2D eigenvalue weighted by Crippen LogP contribution is -2.42. The van der Waals surface area contributed by atoms with Gasteiger partial charge in [-0.15, -0.1) is 0 Å². The van der Waals surface area contributed by atoms with Crippen molar-refractivity contribution in [1.29, 1.82) is 0 Å². The highest BCUT2D eigenvalue weighted by atomic mass is 35.5. The average molecular weight is 259 g/mol. The SMILES string of the molecule is CCOc1c(F)cc([C@H]2CNCCN2)cc1Cl. The van der Waals surface area contributed by atoms with Crippen molar-refractivity contribution in [2.45, 2.75) is 13.0 Å². The molecule has 0 saturated carbocycles. The topological polar surface area (TPSA) is 33.3 Å². The molecule has 0 bridgehead atoms. The van der Waals surface area contributed by atoms with Gasteiger partial charge in [-0.2, -0.15) is 0 Å². The molecule has 0 unspecified atom stereocenters. The summed E-state index contributed by atoms with van der Waals surface area (Å²) in [4.78, 5) is 0. The Morgan fingerprint density at radius 1 is 1.47 bits per heavy atom. The lowest BCUT2D eigenvalue weighted by Gasteiger charge is -2.25. The molecule has 17 heavy (non-hydrogen) atoms. The van der Waals surface area contributed by atoms with Gasteiger partial charge in [0.15, 0.2) is 11.6 Å². The molecule has 94 valence electrons. The predicted molar refractivity (Wildman–Crippen MR) is 66.2 cm³/mol. The Bertz CT molecular complexity index is 371. The molecular formula is C12H16ClFN2O. The summed E-state index contributed by atoms with van der Waals surface area (Å²) >= 11 is 6.02. The van der Waals surface area contributed by atoms with E-state index in [4.69, 9.17) is 16.3 Å². The van der Waals surface area contributed by atoms with Crippen LogP contribution in [0.5, 0.6) is 5.75 Å². The van der Waals surface area contributed by atoms with Crippen LogP contribution in [0.2, 0.25) is 5.02 Å². The molecule has 1 aromatic carbocycles. The number of hydrogen-bond donors (Lipinski definition) is 2. The van der Waals surface area contributed by atoms with Gasteiger partial charge >= 0.3 is 0 Å². The summed E-state index contributed by atoms with van der Waals surface area (Å²) in [5.41, 5.74) is 0.850. The van der Waals surface area contributed by atoms with Crippen molar-refractivity contribution in [2.75, 3.05) is 26.2 Å². The molecule has 0 amide bonds. The molecule has 5 heteroatoms. The second-order valence-electron chi connectivity index (χ2n) is 3.96. The van der Waals surface area contributed by atoms with Crippen LogP contribution in [-0.4, -0.2) is 26.2 Å². The zero-order valence-electron chi connectivity index (χ0n) is 9.72. The molecule has 2 rings (SSSR count). The molecule has 0 spiro atoms. The molecule has 0 aromatic heterocycles. The van der Waals surface area contributed by atoms with E-state index in [-0.39, 0.29) is 11.8 Å². The highest BCUT2D eigenvalue weighted by Gasteiger charge is 2.18. The van der Waals surface area contributed by atoms with E-state index in [1.165, 1.54) is 6.07 Å². The highest BCUT2D eigenvalue weighted by molar-refractivity contribution is 6.32. The van der Waals surface area contributed by atoms with Crippen LogP contribution >= 0.6 is 11.6 Å². The minimum absolute atomic E-state index is 0.103. The Labute approximate surface area is 105 Å². The third-order valence-electron chi connectivity index (χ3n) is 2.75. The van der Waals surface area contributed by atoms with Crippen molar-refractivity contribution in [1.82, 2.24) is 10.6 Å². The average Bonchev–Trinajstić information content (AvgIpc) is 2.35. The standard InChI is InChI=1S/C12H16ClFN2O/c1-2-17-12-9(13)5-8(6-10(12)14)11-7-15-3-4-16-11/h5-6,11,15-16H,2-4,7H2,1H3/t11-/m1/s1. The maximum Gasteiger partial charge on any atom is 0.173 e. The first kappa shape index (κ1) is 12.6. The van der Waals surface area contributed by atoms with Gasteiger partial charge in [0, 0.05) is 25.7 Å². The second-order valence-corrected chi connectivity index (χ2v) is 4.36. The molecule has 0 aliphatic carbocycles. The lowest BCUT2D eigenvalue weighted by atomic mass is 10.0. The zero-order valence-corrected chi connectivity index (χ0v) is 10.5. The molecule has 1 heterocycles. The van der Waals surface area contributed by atoms with Crippen LogP contribution in [0.1, 0.15) is 18.5 Å². The summed E-state index contributed by atoms with van der Waals surface area (Å²) in [7, 11) is 0. The maximum absolute atomic E-state index is 13.8. The van der Waals surface area contributed by atoms with E-state index in [9.17, 15) is 4.39 Å². The maximum atomic E-state index is 13.8. The van der Waals surface area contributed by atoms with E-state index in [0.717, 1.165) is 25.2 Å². The summed E-state index contributed by atoms with van der Waals surface area (Å²) in [5, 5.41) is 6.89. The number of hydrogen-bond acceptors (Lipinski definition) is 3. The van der Waals surface area contributed by atoms with Gasteiger partial charge in [-0.3, -0.25) is 0 Å². The number of ether oxygens (including phenoxy) is 1. The molecule has 1 atom stereocenters. The van der Waals surface area contributed by atoms with Crippen LogP contribution in [0.3, 0.4) is 0 Å². The fourth-order valence-electron chi connectivity index (χ4n) is 1.95. The Morgan fingerprint density at radius 2 is 2.29 bits per heavy atom. The second kappa shape index (κ2) is 5.67. The highest BCUT2D eigenvalue weighted by Crippen LogP contribution is 2.31. The van der Waals surface area contributed by atoms with Gasteiger partial charge in [0.2, 0.25) is 0 Å². The molecule has 3 nitrogen and oxygen atoms in total. The molecule has 1 fully saturated rings. The Balaban J connectivity index is 2.24. The molecular weight excluding hydrogens is 243 g/mol. The quantitative estimate of drug-likeness (QED) is 0.871. The minimum atomic E-state index is -0.401. The van der Waals surface area contributed by atoms with Gasteiger partial charge in [0.1, 0.15) is 0 Å².